The third-order valence-electron chi connectivity index (χ3n) is 5.54. The molecule has 5 rings (SSSR count). The molecule has 1 fully saturated rings. The molecule has 1 aromatic heterocycles. The Bertz CT molecular complexity index is 1230. The van der Waals surface area contributed by atoms with Crippen molar-refractivity contribution in [3.05, 3.63) is 64.4 Å². The van der Waals surface area contributed by atoms with Crippen molar-refractivity contribution in [2.24, 2.45) is 0 Å². The summed E-state index contributed by atoms with van der Waals surface area (Å²) in [6, 6.07) is 14.9. The van der Waals surface area contributed by atoms with Gasteiger partial charge in [-0.05, 0) is 31.3 Å². The van der Waals surface area contributed by atoms with E-state index in [1.807, 2.05) is 47.4 Å². The number of nitrogens with zero attached hydrogens (tertiary/aromatic N) is 3. The standard InChI is InChI=1S/C22H21N5O2/c1-26-9-11-27(12-10-26)22(29)14-7-8-17-18(13-14)24-20(23-17)19-15-5-3-2-4-6-16(15)25-21(19)28/h2-8,13H,9-12H2,1H3,(H,23,24)(H,25,28). The minimum Gasteiger partial charge on any atom is -0.338 e. The van der Waals surface area contributed by atoms with Crippen LogP contribution in [0.4, 0.5) is 0 Å². The average molecular weight is 387 g/mol. The third-order valence-corrected chi connectivity index (χ3v) is 5.54. The number of hydrogen-bond donors (Lipinski definition) is 2. The Morgan fingerprint density at radius 2 is 1.79 bits per heavy atom. The molecule has 146 valence electrons. The molecule has 7 nitrogen and oxygen atoms in total. The molecule has 1 amide bonds. The Hall–Kier alpha value is -3.45. The molecule has 1 aliphatic carbocycles. The Balaban J connectivity index is 1.52. The fourth-order valence-electron chi connectivity index (χ4n) is 3.87. The summed E-state index contributed by atoms with van der Waals surface area (Å²) < 4.78 is 0. The molecular formula is C22H21N5O2. The molecule has 0 radical (unpaired) electrons. The molecule has 0 bridgehead atoms. The molecule has 0 saturated carbocycles. The first-order valence-electron chi connectivity index (χ1n) is 9.69. The van der Waals surface area contributed by atoms with Gasteiger partial charge in [-0.2, -0.15) is 0 Å². The zero-order valence-electron chi connectivity index (χ0n) is 16.1. The van der Waals surface area contributed by atoms with Crippen molar-refractivity contribution >= 4 is 16.9 Å². The highest BCUT2D eigenvalue weighted by Gasteiger charge is 2.22. The van der Waals surface area contributed by atoms with Crippen LogP contribution in [-0.4, -0.2) is 63.9 Å². The van der Waals surface area contributed by atoms with Gasteiger partial charge in [0.15, 0.2) is 0 Å². The van der Waals surface area contributed by atoms with Crippen LogP contribution in [0, 0.1) is 0 Å². The highest BCUT2D eigenvalue weighted by Crippen LogP contribution is 2.29. The Morgan fingerprint density at radius 3 is 2.62 bits per heavy atom. The lowest BCUT2D eigenvalue weighted by atomic mass is 10.1. The Morgan fingerprint density at radius 1 is 1.00 bits per heavy atom. The summed E-state index contributed by atoms with van der Waals surface area (Å²) in [5.41, 5.74) is 4.00. The summed E-state index contributed by atoms with van der Waals surface area (Å²) >= 11 is 0. The van der Waals surface area contributed by atoms with Gasteiger partial charge in [-0.3, -0.25) is 9.59 Å². The minimum absolute atomic E-state index is 0.0215. The molecule has 0 unspecified atom stereocenters. The van der Waals surface area contributed by atoms with E-state index in [4.69, 9.17) is 0 Å². The number of imidazole rings is 1. The van der Waals surface area contributed by atoms with Gasteiger partial charge >= 0.3 is 0 Å². The monoisotopic (exact) mass is 387 g/mol. The van der Waals surface area contributed by atoms with Crippen LogP contribution in [-0.2, 0) is 0 Å². The van der Waals surface area contributed by atoms with Crippen molar-refractivity contribution in [1.29, 1.82) is 0 Å². The average Bonchev–Trinajstić information content (AvgIpc) is 3.19. The maximum absolute atomic E-state index is 12.9. The van der Waals surface area contributed by atoms with E-state index < -0.39 is 0 Å². The maximum atomic E-state index is 12.9. The molecule has 2 aliphatic heterocycles. The highest BCUT2D eigenvalue weighted by atomic mass is 16.2. The predicted octanol–water partition coefficient (Wildman–Crippen LogP) is 2.41. The second kappa shape index (κ2) is 6.86. The van der Waals surface area contributed by atoms with E-state index in [2.05, 4.69) is 26.9 Å². The summed E-state index contributed by atoms with van der Waals surface area (Å²) in [5, 5.41) is 0. The molecule has 2 aromatic rings. The van der Waals surface area contributed by atoms with E-state index in [1.165, 1.54) is 0 Å². The number of piperazine rings is 1. The van der Waals surface area contributed by atoms with Gasteiger partial charge in [0.2, 0.25) is 0 Å². The van der Waals surface area contributed by atoms with Gasteiger partial charge in [-0.25, -0.2) is 4.98 Å². The van der Waals surface area contributed by atoms with Crippen molar-refractivity contribution in [3.63, 3.8) is 0 Å². The molecule has 3 heterocycles. The SMILES string of the molecule is CN1CCN(C(=O)c2ccc3[nH]c(-c4c5cccccc-5[nH]c4=O)nc3c2)CC1. The van der Waals surface area contributed by atoms with Gasteiger partial charge in [0, 0.05) is 43.0 Å². The number of likely N-dealkylation sites (N-methyl/N-ethyl adjacent to an activating group) is 1. The van der Waals surface area contributed by atoms with Crippen LogP contribution in [0.25, 0.3) is 33.7 Å². The first kappa shape index (κ1) is 17.6. The van der Waals surface area contributed by atoms with E-state index in [-0.39, 0.29) is 11.5 Å². The first-order valence-corrected chi connectivity index (χ1v) is 9.69. The number of carbonyl (C=O) groups excluding carboxylic acids is 1. The van der Waals surface area contributed by atoms with Crippen molar-refractivity contribution in [3.8, 4) is 22.6 Å². The van der Waals surface area contributed by atoms with Gasteiger partial charge in [-0.1, -0.05) is 24.3 Å². The van der Waals surface area contributed by atoms with Gasteiger partial charge < -0.3 is 19.8 Å². The number of benzene rings is 1. The van der Waals surface area contributed by atoms with Crippen molar-refractivity contribution in [2.75, 3.05) is 33.2 Å². The summed E-state index contributed by atoms with van der Waals surface area (Å²) in [5.74, 6) is 0.528. The number of nitrogens with one attached hydrogen (secondary N) is 2. The fraction of sp³-hybridized carbons (Fsp3) is 0.227. The first-order chi connectivity index (χ1) is 14.1. The summed E-state index contributed by atoms with van der Waals surface area (Å²) in [6.07, 6.45) is 0. The van der Waals surface area contributed by atoms with E-state index in [0.717, 1.165) is 43.0 Å². The summed E-state index contributed by atoms with van der Waals surface area (Å²) in [6.45, 7) is 3.21. The molecule has 1 saturated heterocycles. The molecule has 0 spiro atoms. The molecule has 2 N–H and O–H groups in total. The van der Waals surface area contributed by atoms with Gasteiger partial charge in [0.25, 0.3) is 11.5 Å². The second-order valence-corrected chi connectivity index (χ2v) is 7.48. The van der Waals surface area contributed by atoms with E-state index in [0.29, 0.717) is 22.5 Å². The molecule has 1 aromatic carbocycles. The quantitative estimate of drug-likeness (QED) is 0.553. The number of H-pyrrole nitrogens is 2. The third kappa shape index (κ3) is 3.09. The number of aromatic nitrogens is 3. The highest BCUT2D eigenvalue weighted by molar-refractivity contribution is 5.98. The van der Waals surface area contributed by atoms with Crippen LogP contribution in [0.15, 0.2) is 53.3 Å². The molecule has 3 aliphatic rings. The van der Waals surface area contributed by atoms with Crippen LogP contribution in [0.3, 0.4) is 0 Å². The minimum atomic E-state index is -0.181. The predicted molar refractivity (Wildman–Crippen MR) is 112 cm³/mol. The van der Waals surface area contributed by atoms with Crippen LogP contribution in [0.1, 0.15) is 10.4 Å². The lowest BCUT2D eigenvalue weighted by molar-refractivity contribution is 0.0664. The Labute approximate surface area is 167 Å². The molecule has 7 heteroatoms. The van der Waals surface area contributed by atoms with Gasteiger partial charge in [0.05, 0.1) is 16.6 Å². The van der Waals surface area contributed by atoms with Gasteiger partial charge in [-0.15, -0.1) is 0 Å². The number of fused-ring (bicyclic) bond motifs is 2. The lowest BCUT2D eigenvalue weighted by Gasteiger charge is -2.32. The zero-order valence-corrected chi connectivity index (χ0v) is 16.1. The maximum Gasteiger partial charge on any atom is 0.260 e. The number of rotatable bonds is 2. The molecule has 29 heavy (non-hydrogen) atoms. The molecular weight excluding hydrogens is 366 g/mol. The van der Waals surface area contributed by atoms with Crippen LogP contribution < -0.4 is 5.56 Å². The normalized spacial score (nSPS) is 15.3. The van der Waals surface area contributed by atoms with E-state index >= 15 is 0 Å². The van der Waals surface area contributed by atoms with Crippen molar-refractivity contribution < 1.29 is 4.79 Å². The van der Waals surface area contributed by atoms with Crippen molar-refractivity contribution in [1.82, 2.24) is 24.8 Å². The second-order valence-electron chi connectivity index (χ2n) is 7.48. The van der Waals surface area contributed by atoms with E-state index in [1.54, 1.807) is 6.07 Å². The lowest BCUT2D eigenvalue weighted by Crippen LogP contribution is -2.47. The number of aromatic amines is 2. The van der Waals surface area contributed by atoms with Crippen LogP contribution in [0.2, 0.25) is 0 Å². The number of hydrogen-bond acceptors (Lipinski definition) is 4. The van der Waals surface area contributed by atoms with Crippen LogP contribution >= 0.6 is 0 Å². The summed E-state index contributed by atoms with van der Waals surface area (Å²) in [7, 11) is 2.06. The van der Waals surface area contributed by atoms with Crippen LogP contribution in [0.5, 0.6) is 0 Å². The topological polar surface area (TPSA) is 85.1 Å². The molecule has 0 atom stereocenters. The number of amides is 1. The largest absolute Gasteiger partial charge is 0.338 e. The fourth-order valence-corrected chi connectivity index (χ4v) is 3.87. The summed E-state index contributed by atoms with van der Waals surface area (Å²) in [4.78, 5) is 40.3. The zero-order chi connectivity index (χ0) is 20.0. The Kier molecular flexibility index (Phi) is 4.17. The van der Waals surface area contributed by atoms with E-state index in [9.17, 15) is 9.59 Å². The smallest absolute Gasteiger partial charge is 0.260 e. The van der Waals surface area contributed by atoms with Gasteiger partial charge in [0.1, 0.15) is 5.82 Å². The van der Waals surface area contributed by atoms with Crippen molar-refractivity contribution in [2.45, 2.75) is 0 Å². The number of carbonyl (C=O) groups is 1.